The Morgan fingerprint density at radius 3 is 2.65 bits per heavy atom. The van der Waals surface area contributed by atoms with Crippen LogP contribution in [0, 0.1) is 0 Å². The van der Waals surface area contributed by atoms with Crippen molar-refractivity contribution in [3.63, 3.8) is 0 Å². The molecule has 1 aromatic heterocycles. The van der Waals surface area contributed by atoms with Gasteiger partial charge in [0.05, 0.1) is 5.57 Å². The highest BCUT2D eigenvalue weighted by atomic mass is 16.7. The number of fused-ring (bicyclic) bond motifs is 1. The number of nitrogens with zero attached hydrogens (tertiary/aromatic N) is 1. The van der Waals surface area contributed by atoms with Crippen LogP contribution in [0.1, 0.15) is 11.1 Å². The number of ether oxygens (including phenoxy) is 2. The third-order valence-corrected chi connectivity index (χ3v) is 2.93. The van der Waals surface area contributed by atoms with E-state index >= 15 is 0 Å². The molecule has 0 amide bonds. The molecule has 0 bridgehead atoms. The molecule has 2 heterocycles. The monoisotopic (exact) mass is 269 g/mol. The Kier molecular flexibility index (Phi) is 3.09. The average molecular weight is 269 g/mol. The zero-order chi connectivity index (χ0) is 13.9. The van der Waals surface area contributed by atoms with E-state index < -0.39 is 5.97 Å². The summed E-state index contributed by atoms with van der Waals surface area (Å²) < 4.78 is 10.5. The molecule has 0 radical (unpaired) electrons. The summed E-state index contributed by atoms with van der Waals surface area (Å²) in [6.45, 7) is 0.162. The van der Waals surface area contributed by atoms with Crippen molar-refractivity contribution in [2.24, 2.45) is 0 Å². The summed E-state index contributed by atoms with van der Waals surface area (Å²) >= 11 is 0. The van der Waals surface area contributed by atoms with Crippen molar-refractivity contribution >= 4 is 17.6 Å². The Bertz CT molecular complexity index is 680. The summed E-state index contributed by atoms with van der Waals surface area (Å²) in [7, 11) is 0. The summed E-state index contributed by atoms with van der Waals surface area (Å²) in [6.07, 6.45) is 4.83. The van der Waals surface area contributed by atoms with E-state index in [0.717, 1.165) is 5.56 Å². The second-order valence-corrected chi connectivity index (χ2v) is 4.21. The average Bonchev–Trinajstić information content (AvgIpc) is 2.93. The van der Waals surface area contributed by atoms with E-state index in [9.17, 15) is 9.90 Å². The van der Waals surface area contributed by atoms with Crippen molar-refractivity contribution < 1.29 is 19.4 Å². The minimum atomic E-state index is -0.999. The first-order valence-electron chi connectivity index (χ1n) is 5.99. The largest absolute Gasteiger partial charge is 0.478 e. The first kappa shape index (κ1) is 12.2. The van der Waals surface area contributed by atoms with Crippen molar-refractivity contribution in [2.75, 3.05) is 6.79 Å². The number of carbonyl (C=O) groups is 1. The number of rotatable bonds is 3. The standard InChI is InChI=1S/C15H11NO4/c17-15(18)12(7-10-3-5-16-6-4-10)11-1-2-13-14(8-11)20-9-19-13/h1-8H,9H2,(H,17,18)/b12-7+. The summed E-state index contributed by atoms with van der Waals surface area (Å²) in [5.74, 6) is 0.187. The van der Waals surface area contributed by atoms with Crippen LogP contribution in [0.2, 0.25) is 0 Å². The molecule has 0 saturated heterocycles. The zero-order valence-corrected chi connectivity index (χ0v) is 10.4. The highest BCUT2D eigenvalue weighted by Gasteiger charge is 2.17. The topological polar surface area (TPSA) is 68.7 Å². The Hall–Kier alpha value is -2.82. The second-order valence-electron chi connectivity index (χ2n) is 4.21. The van der Waals surface area contributed by atoms with E-state index in [1.807, 2.05) is 0 Å². The number of hydrogen-bond donors (Lipinski definition) is 1. The third-order valence-electron chi connectivity index (χ3n) is 2.93. The van der Waals surface area contributed by atoms with E-state index in [4.69, 9.17) is 9.47 Å². The number of hydrogen-bond acceptors (Lipinski definition) is 4. The van der Waals surface area contributed by atoms with Crippen molar-refractivity contribution in [3.05, 3.63) is 53.9 Å². The molecule has 0 aliphatic carbocycles. The minimum Gasteiger partial charge on any atom is -0.478 e. The van der Waals surface area contributed by atoms with Crippen LogP contribution in [0.4, 0.5) is 0 Å². The van der Waals surface area contributed by atoms with Crippen LogP contribution in [-0.2, 0) is 4.79 Å². The minimum absolute atomic E-state index is 0.162. The van der Waals surface area contributed by atoms with Crippen molar-refractivity contribution in [1.82, 2.24) is 4.98 Å². The maximum absolute atomic E-state index is 11.4. The van der Waals surface area contributed by atoms with Crippen LogP contribution in [0.3, 0.4) is 0 Å². The maximum atomic E-state index is 11.4. The lowest BCUT2D eigenvalue weighted by Crippen LogP contribution is -1.99. The van der Waals surface area contributed by atoms with E-state index in [1.165, 1.54) is 0 Å². The molecule has 0 atom stereocenters. The van der Waals surface area contributed by atoms with Crippen LogP contribution < -0.4 is 9.47 Å². The first-order chi connectivity index (χ1) is 9.74. The highest BCUT2D eigenvalue weighted by molar-refractivity contribution is 6.20. The molecule has 0 fully saturated rings. The number of aromatic nitrogens is 1. The summed E-state index contributed by atoms with van der Waals surface area (Å²) in [5.41, 5.74) is 1.53. The van der Waals surface area contributed by atoms with Gasteiger partial charge in [-0.3, -0.25) is 4.98 Å². The Morgan fingerprint density at radius 2 is 1.90 bits per heavy atom. The molecule has 5 heteroatoms. The number of pyridine rings is 1. The molecule has 1 aliphatic heterocycles. The van der Waals surface area contributed by atoms with Gasteiger partial charge in [-0.25, -0.2) is 4.79 Å². The molecule has 1 aliphatic rings. The van der Waals surface area contributed by atoms with E-state index in [1.54, 1.807) is 48.8 Å². The van der Waals surface area contributed by atoms with Gasteiger partial charge in [-0.1, -0.05) is 6.07 Å². The Balaban J connectivity index is 2.03. The quantitative estimate of drug-likeness (QED) is 0.867. The molecule has 0 spiro atoms. The van der Waals surface area contributed by atoms with Crippen LogP contribution in [0.15, 0.2) is 42.7 Å². The molecule has 20 heavy (non-hydrogen) atoms. The molecule has 5 nitrogen and oxygen atoms in total. The Labute approximate surface area is 115 Å². The summed E-state index contributed by atoms with van der Waals surface area (Å²) in [4.78, 5) is 15.4. The molecular formula is C15H11NO4. The van der Waals surface area contributed by atoms with Crippen molar-refractivity contribution in [3.8, 4) is 11.5 Å². The van der Waals surface area contributed by atoms with Crippen LogP contribution in [0.25, 0.3) is 11.6 Å². The smallest absolute Gasteiger partial charge is 0.336 e. The molecule has 0 saturated carbocycles. The predicted octanol–water partition coefficient (Wildman–Crippen LogP) is 2.44. The van der Waals surface area contributed by atoms with Gasteiger partial charge in [-0.05, 0) is 41.5 Å². The molecule has 1 N–H and O–H groups in total. The van der Waals surface area contributed by atoms with E-state index in [-0.39, 0.29) is 12.4 Å². The molecule has 100 valence electrons. The molecule has 3 rings (SSSR count). The van der Waals surface area contributed by atoms with Gasteiger partial charge in [0.25, 0.3) is 0 Å². The predicted molar refractivity (Wildman–Crippen MR) is 72.3 cm³/mol. The van der Waals surface area contributed by atoms with E-state index in [2.05, 4.69) is 4.98 Å². The molecule has 0 unspecified atom stereocenters. The fourth-order valence-electron chi connectivity index (χ4n) is 1.96. The van der Waals surface area contributed by atoms with Crippen molar-refractivity contribution in [1.29, 1.82) is 0 Å². The lowest BCUT2D eigenvalue weighted by atomic mass is 10.0. The number of aliphatic carboxylic acids is 1. The van der Waals surface area contributed by atoms with Gasteiger partial charge < -0.3 is 14.6 Å². The van der Waals surface area contributed by atoms with Gasteiger partial charge >= 0.3 is 5.97 Å². The number of carboxylic acid groups (broad SMARTS) is 1. The van der Waals surface area contributed by atoms with Crippen LogP contribution in [-0.4, -0.2) is 22.9 Å². The number of benzene rings is 1. The Morgan fingerprint density at radius 1 is 1.15 bits per heavy atom. The van der Waals surface area contributed by atoms with Gasteiger partial charge in [0, 0.05) is 12.4 Å². The van der Waals surface area contributed by atoms with Crippen LogP contribution >= 0.6 is 0 Å². The molecule has 1 aromatic carbocycles. The SMILES string of the molecule is O=C(O)/C(=C/c1ccncc1)c1ccc2c(c1)OCO2. The van der Waals surface area contributed by atoms with Gasteiger partial charge in [0.1, 0.15) is 0 Å². The normalized spacial score (nSPS) is 13.3. The van der Waals surface area contributed by atoms with Crippen molar-refractivity contribution in [2.45, 2.75) is 0 Å². The summed E-state index contributed by atoms with van der Waals surface area (Å²) in [6, 6.07) is 8.57. The van der Waals surface area contributed by atoms with Gasteiger partial charge in [0.15, 0.2) is 11.5 Å². The zero-order valence-electron chi connectivity index (χ0n) is 10.4. The summed E-state index contributed by atoms with van der Waals surface area (Å²) in [5, 5.41) is 9.38. The van der Waals surface area contributed by atoms with Gasteiger partial charge in [-0.2, -0.15) is 0 Å². The number of carboxylic acids is 1. The van der Waals surface area contributed by atoms with Gasteiger partial charge in [0.2, 0.25) is 6.79 Å². The lowest BCUT2D eigenvalue weighted by Gasteiger charge is -2.04. The molecular weight excluding hydrogens is 258 g/mol. The lowest BCUT2D eigenvalue weighted by molar-refractivity contribution is -0.130. The van der Waals surface area contributed by atoms with Gasteiger partial charge in [-0.15, -0.1) is 0 Å². The first-order valence-corrected chi connectivity index (χ1v) is 5.99. The molecule has 2 aromatic rings. The fourth-order valence-corrected chi connectivity index (χ4v) is 1.96. The van der Waals surface area contributed by atoms with E-state index in [0.29, 0.717) is 17.1 Å². The second kappa shape index (κ2) is 5.05. The fraction of sp³-hybridized carbons (Fsp3) is 0.0667. The highest BCUT2D eigenvalue weighted by Crippen LogP contribution is 2.34. The third kappa shape index (κ3) is 2.33. The maximum Gasteiger partial charge on any atom is 0.336 e. The van der Waals surface area contributed by atoms with Crippen LogP contribution in [0.5, 0.6) is 11.5 Å².